The van der Waals surface area contributed by atoms with Crippen molar-refractivity contribution in [3.05, 3.63) is 63.1 Å². The van der Waals surface area contributed by atoms with Crippen molar-refractivity contribution in [2.75, 3.05) is 4.90 Å². The molecule has 0 bridgehead atoms. The number of fused-ring (bicyclic) bond motifs is 1. The van der Waals surface area contributed by atoms with Crippen LogP contribution in [0.1, 0.15) is 28.4 Å². The summed E-state index contributed by atoms with van der Waals surface area (Å²) in [5.74, 6) is -0.122. The Bertz CT molecular complexity index is 1030. The van der Waals surface area contributed by atoms with Crippen LogP contribution in [0.5, 0.6) is 0 Å². The van der Waals surface area contributed by atoms with Crippen LogP contribution in [0.3, 0.4) is 0 Å². The Morgan fingerprint density at radius 3 is 2.39 bits per heavy atom. The molecule has 0 atom stereocenters. The molecule has 0 amide bonds. The highest BCUT2D eigenvalue weighted by atomic mass is 35.5. The van der Waals surface area contributed by atoms with E-state index in [0.717, 1.165) is 22.6 Å². The van der Waals surface area contributed by atoms with E-state index in [1.807, 2.05) is 24.0 Å². The summed E-state index contributed by atoms with van der Waals surface area (Å²) in [6.07, 6.45) is 0. The molecule has 1 aliphatic rings. The molecule has 8 nitrogen and oxygen atoms in total. The van der Waals surface area contributed by atoms with Crippen molar-refractivity contribution in [3.63, 3.8) is 0 Å². The van der Waals surface area contributed by atoms with Crippen LogP contribution in [0.4, 0.5) is 5.69 Å². The first-order valence-corrected chi connectivity index (χ1v) is 9.89. The van der Waals surface area contributed by atoms with E-state index < -0.39 is 16.4 Å². The number of hydrogen-bond acceptors (Lipinski definition) is 5. The molecule has 2 aromatic rings. The molecule has 150 valence electrons. The topological polar surface area (TPSA) is 128 Å². The van der Waals surface area contributed by atoms with E-state index in [9.17, 15) is 9.90 Å². The van der Waals surface area contributed by atoms with Crippen LogP contribution < -0.4 is 4.90 Å². The minimum absolute atomic E-state index is 0.255. The Morgan fingerprint density at radius 1 is 1.18 bits per heavy atom. The summed E-state index contributed by atoms with van der Waals surface area (Å²) in [5, 5.41) is 10.4. The van der Waals surface area contributed by atoms with E-state index >= 15 is 0 Å². The smallest absolute Gasteiger partial charge is 0.394 e. The van der Waals surface area contributed by atoms with E-state index in [1.165, 1.54) is 0 Å². The number of hydrogen-bond donors (Lipinski definition) is 3. The van der Waals surface area contributed by atoms with Crippen molar-refractivity contribution in [2.24, 2.45) is 4.99 Å². The molecule has 3 N–H and O–H groups in total. The van der Waals surface area contributed by atoms with E-state index in [-0.39, 0.29) is 5.56 Å². The normalized spacial score (nSPS) is 13.2. The zero-order chi connectivity index (χ0) is 21.1. The standard InChI is InChI=1S/C17H14Cl2N2O2.H2O4S/c1-10-20-8-12-3-2-11(17(22)23)6-16(12)21(10)9-13-4-5-14(18)7-15(13)19;1-5(2,3)4/h2-7H,8-9H2,1H3,(H,22,23);(H2,1,2,3,4). The Hall–Kier alpha value is -2.17. The first-order chi connectivity index (χ1) is 13.0. The third kappa shape index (κ3) is 6.18. The van der Waals surface area contributed by atoms with Crippen LogP contribution in [0.15, 0.2) is 41.4 Å². The van der Waals surface area contributed by atoms with Gasteiger partial charge in [0.25, 0.3) is 0 Å². The lowest BCUT2D eigenvalue weighted by Gasteiger charge is -2.30. The summed E-state index contributed by atoms with van der Waals surface area (Å²) >= 11 is 12.2. The summed E-state index contributed by atoms with van der Waals surface area (Å²) in [7, 11) is -4.67. The molecule has 0 saturated heterocycles. The van der Waals surface area contributed by atoms with Crippen LogP contribution in [-0.2, 0) is 23.5 Å². The molecule has 0 aromatic heterocycles. The molecule has 3 rings (SSSR count). The maximum absolute atomic E-state index is 11.2. The van der Waals surface area contributed by atoms with Crippen molar-refractivity contribution < 1.29 is 27.4 Å². The zero-order valence-corrected chi connectivity index (χ0v) is 16.8. The third-order valence-electron chi connectivity index (χ3n) is 3.84. The Labute approximate surface area is 171 Å². The van der Waals surface area contributed by atoms with E-state index in [4.69, 9.17) is 40.7 Å². The van der Waals surface area contributed by atoms with Gasteiger partial charge in [-0.3, -0.25) is 14.1 Å². The van der Waals surface area contributed by atoms with Gasteiger partial charge in [-0.25, -0.2) is 4.79 Å². The predicted octanol–water partition coefficient (Wildman–Crippen LogP) is 3.98. The van der Waals surface area contributed by atoms with Crippen molar-refractivity contribution in [3.8, 4) is 0 Å². The van der Waals surface area contributed by atoms with Crippen LogP contribution >= 0.6 is 23.2 Å². The molecule has 0 spiro atoms. The van der Waals surface area contributed by atoms with Crippen molar-refractivity contribution in [2.45, 2.75) is 20.0 Å². The highest BCUT2D eigenvalue weighted by Crippen LogP contribution is 2.31. The van der Waals surface area contributed by atoms with Gasteiger partial charge < -0.3 is 10.0 Å². The number of aromatic carboxylic acids is 1. The minimum atomic E-state index is -4.67. The average molecular weight is 447 g/mol. The summed E-state index contributed by atoms with van der Waals surface area (Å²) in [6.45, 7) is 2.95. The van der Waals surface area contributed by atoms with Gasteiger partial charge in [0.05, 0.1) is 18.7 Å². The molecule has 0 radical (unpaired) electrons. The number of rotatable bonds is 3. The zero-order valence-electron chi connectivity index (χ0n) is 14.5. The predicted molar refractivity (Wildman–Crippen MR) is 107 cm³/mol. The molecule has 0 unspecified atom stereocenters. The SMILES string of the molecule is CC1=NCc2ccc(C(=O)O)cc2N1Cc1ccc(Cl)cc1Cl.O=S(=O)(O)O. The van der Waals surface area contributed by atoms with Crippen LogP contribution in [0.2, 0.25) is 10.0 Å². The molecule has 28 heavy (non-hydrogen) atoms. The van der Waals surface area contributed by atoms with Gasteiger partial charge in [-0.15, -0.1) is 0 Å². The lowest BCUT2D eigenvalue weighted by atomic mass is 10.0. The minimum Gasteiger partial charge on any atom is -0.478 e. The van der Waals surface area contributed by atoms with Crippen LogP contribution in [0.25, 0.3) is 0 Å². The number of carboxylic acids is 1. The van der Waals surface area contributed by atoms with Gasteiger partial charge >= 0.3 is 16.4 Å². The van der Waals surface area contributed by atoms with Crippen LogP contribution in [0, 0.1) is 0 Å². The summed E-state index contributed by atoms with van der Waals surface area (Å²) in [6, 6.07) is 10.4. The highest BCUT2D eigenvalue weighted by Gasteiger charge is 2.21. The molecule has 1 aliphatic heterocycles. The maximum atomic E-state index is 11.2. The van der Waals surface area contributed by atoms with E-state index in [0.29, 0.717) is 23.1 Å². The van der Waals surface area contributed by atoms with Gasteiger partial charge in [0.1, 0.15) is 5.84 Å². The second-order valence-corrected chi connectivity index (χ2v) is 7.52. The molecule has 0 saturated carbocycles. The molecule has 2 aromatic carbocycles. The number of carbonyl (C=O) groups is 1. The number of carboxylic acid groups (broad SMARTS) is 1. The Kier molecular flexibility index (Phi) is 7.02. The Balaban J connectivity index is 0.000000500. The third-order valence-corrected chi connectivity index (χ3v) is 4.42. The fraction of sp³-hybridized carbons (Fsp3) is 0.176. The van der Waals surface area contributed by atoms with Crippen molar-refractivity contribution in [1.29, 1.82) is 0 Å². The molecular weight excluding hydrogens is 431 g/mol. The largest absolute Gasteiger partial charge is 0.478 e. The number of anilines is 1. The molecular formula is C17H16Cl2N2O6S. The lowest BCUT2D eigenvalue weighted by Crippen LogP contribution is -2.32. The van der Waals surface area contributed by atoms with Gasteiger partial charge in [-0.1, -0.05) is 35.3 Å². The number of benzene rings is 2. The maximum Gasteiger partial charge on any atom is 0.394 e. The molecule has 0 fully saturated rings. The number of nitrogens with zero attached hydrogens (tertiary/aromatic N) is 2. The fourth-order valence-electron chi connectivity index (χ4n) is 2.56. The Morgan fingerprint density at radius 2 is 1.82 bits per heavy atom. The number of amidine groups is 1. The molecule has 11 heteroatoms. The average Bonchev–Trinajstić information content (AvgIpc) is 2.57. The first-order valence-electron chi connectivity index (χ1n) is 7.74. The summed E-state index contributed by atoms with van der Waals surface area (Å²) in [5.41, 5.74) is 3.00. The van der Waals surface area contributed by atoms with E-state index in [1.54, 1.807) is 24.3 Å². The highest BCUT2D eigenvalue weighted by molar-refractivity contribution is 7.79. The summed E-state index contributed by atoms with van der Waals surface area (Å²) < 4.78 is 31.6. The number of aliphatic imine (C=N–C) groups is 1. The van der Waals surface area contributed by atoms with Gasteiger partial charge in [-0.05, 0) is 42.3 Å². The first kappa shape index (κ1) is 22.1. The van der Waals surface area contributed by atoms with Crippen LogP contribution in [-0.4, -0.2) is 34.4 Å². The quantitative estimate of drug-likeness (QED) is 0.608. The monoisotopic (exact) mass is 446 g/mol. The second-order valence-electron chi connectivity index (χ2n) is 5.78. The fourth-order valence-corrected chi connectivity index (χ4v) is 3.03. The van der Waals surface area contributed by atoms with Gasteiger partial charge in [0.2, 0.25) is 0 Å². The summed E-state index contributed by atoms with van der Waals surface area (Å²) in [4.78, 5) is 17.7. The van der Waals surface area contributed by atoms with Crippen molar-refractivity contribution >= 4 is 51.1 Å². The number of halogens is 2. The van der Waals surface area contributed by atoms with Gasteiger partial charge in [-0.2, -0.15) is 8.42 Å². The lowest BCUT2D eigenvalue weighted by molar-refractivity contribution is 0.0697. The van der Waals surface area contributed by atoms with Gasteiger partial charge in [0.15, 0.2) is 0 Å². The second kappa shape index (κ2) is 8.89. The van der Waals surface area contributed by atoms with Crippen molar-refractivity contribution in [1.82, 2.24) is 0 Å². The van der Waals surface area contributed by atoms with Gasteiger partial charge in [0, 0.05) is 15.7 Å². The molecule has 0 aliphatic carbocycles. The molecule has 1 heterocycles. The van der Waals surface area contributed by atoms with E-state index in [2.05, 4.69) is 4.99 Å².